The van der Waals surface area contributed by atoms with Gasteiger partial charge in [-0.15, -0.1) is 0 Å². The number of benzene rings is 1. The molecule has 2 aliphatic rings. The van der Waals surface area contributed by atoms with E-state index in [1.165, 1.54) is 24.0 Å². The molecule has 0 radical (unpaired) electrons. The summed E-state index contributed by atoms with van der Waals surface area (Å²) < 4.78 is 0. The largest absolute Gasteiger partial charge is 0.393 e. The minimum atomic E-state index is -0.0319. The Bertz CT molecular complexity index is 371. The summed E-state index contributed by atoms with van der Waals surface area (Å²) in [6.07, 6.45) is 3.36. The van der Waals surface area contributed by atoms with Gasteiger partial charge in [0.15, 0.2) is 0 Å². The Morgan fingerprint density at radius 3 is 2.86 bits per heavy atom. The number of aliphatic hydroxyl groups is 1. The van der Waals surface area contributed by atoms with Crippen molar-refractivity contribution >= 4 is 0 Å². The molecule has 1 aromatic rings. The lowest BCUT2D eigenvalue weighted by Crippen LogP contribution is -2.06. The molecule has 0 bridgehead atoms. The molecular weight excluding hydrogens is 172 g/mol. The van der Waals surface area contributed by atoms with Crippen LogP contribution < -0.4 is 0 Å². The Kier molecular flexibility index (Phi) is 1.58. The molecule has 3 atom stereocenters. The molecular formula is C13H16O. The van der Waals surface area contributed by atoms with Crippen LogP contribution in [0.25, 0.3) is 0 Å². The first-order chi connectivity index (χ1) is 6.72. The van der Waals surface area contributed by atoms with Crippen LogP contribution in [0, 0.1) is 12.8 Å². The first-order valence-electron chi connectivity index (χ1n) is 5.48. The van der Waals surface area contributed by atoms with Gasteiger partial charge in [-0.1, -0.05) is 29.8 Å². The Labute approximate surface area is 84.8 Å². The molecule has 1 nitrogen and oxygen atoms in total. The van der Waals surface area contributed by atoms with Crippen molar-refractivity contribution in [1.29, 1.82) is 0 Å². The van der Waals surface area contributed by atoms with Crippen LogP contribution in [-0.2, 0) is 5.41 Å². The first-order valence-corrected chi connectivity index (χ1v) is 5.48. The molecule has 0 saturated heterocycles. The molecule has 1 aromatic carbocycles. The van der Waals surface area contributed by atoms with Gasteiger partial charge in [0.25, 0.3) is 0 Å². The molecule has 1 heteroatoms. The molecule has 2 aliphatic carbocycles. The van der Waals surface area contributed by atoms with Crippen molar-refractivity contribution in [2.45, 2.75) is 37.7 Å². The molecule has 1 N–H and O–H groups in total. The summed E-state index contributed by atoms with van der Waals surface area (Å²) in [4.78, 5) is 0. The second-order valence-electron chi connectivity index (χ2n) is 4.94. The zero-order valence-electron chi connectivity index (χ0n) is 8.53. The summed E-state index contributed by atoms with van der Waals surface area (Å²) in [7, 11) is 0. The summed E-state index contributed by atoms with van der Waals surface area (Å²) in [5.74, 6) is 0.560. The highest BCUT2D eigenvalue weighted by Gasteiger charge is 2.61. The van der Waals surface area contributed by atoms with Crippen molar-refractivity contribution in [3.05, 3.63) is 35.4 Å². The van der Waals surface area contributed by atoms with Crippen LogP contribution in [0.3, 0.4) is 0 Å². The summed E-state index contributed by atoms with van der Waals surface area (Å²) in [5, 5.41) is 9.74. The molecule has 3 rings (SSSR count). The van der Waals surface area contributed by atoms with Crippen LogP contribution in [0.1, 0.15) is 30.4 Å². The minimum Gasteiger partial charge on any atom is -0.393 e. The van der Waals surface area contributed by atoms with Crippen LogP contribution in [0.4, 0.5) is 0 Å². The summed E-state index contributed by atoms with van der Waals surface area (Å²) in [5.41, 5.74) is 3.16. The fraction of sp³-hybridized carbons (Fsp3) is 0.538. The number of hydrogen-bond donors (Lipinski definition) is 1. The molecule has 2 fully saturated rings. The van der Waals surface area contributed by atoms with Crippen molar-refractivity contribution in [1.82, 2.24) is 0 Å². The van der Waals surface area contributed by atoms with E-state index in [4.69, 9.17) is 0 Å². The van der Waals surface area contributed by atoms with E-state index < -0.39 is 0 Å². The third kappa shape index (κ3) is 0.992. The van der Waals surface area contributed by atoms with E-state index >= 15 is 0 Å². The second-order valence-corrected chi connectivity index (χ2v) is 4.94. The number of fused-ring (bicyclic) bond motifs is 1. The van der Waals surface area contributed by atoms with Crippen LogP contribution in [0.5, 0.6) is 0 Å². The Morgan fingerprint density at radius 1 is 1.43 bits per heavy atom. The number of aryl methyl sites for hydroxylation is 1. The lowest BCUT2D eigenvalue weighted by atomic mass is 9.92. The maximum absolute atomic E-state index is 9.74. The minimum absolute atomic E-state index is 0.0319. The summed E-state index contributed by atoms with van der Waals surface area (Å²) in [6.45, 7) is 2.14. The topological polar surface area (TPSA) is 20.2 Å². The Morgan fingerprint density at radius 2 is 2.29 bits per heavy atom. The van der Waals surface area contributed by atoms with E-state index in [-0.39, 0.29) is 6.10 Å². The van der Waals surface area contributed by atoms with E-state index in [0.29, 0.717) is 11.3 Å². The highest BCUT2D eigenvalue weighted by atomic mass is 16.3. The molecule has 14 heavy (non-hydrogen) atoms. The van der Waals surface area contributed by atoms with Gasteiger partial charge in [0.05, 0.1) is 6.10 Å². The maximum Gasteiger partial charge on any atom is 0.0577 e. The van der Waals surface area contributed by atoms with Gasteiger partial charge in [-0.2, -0.15) is 0 Å². The van der Waals surface area contributed by atoms with E-state index in [2.05, 4.69) is 31.2 Å². The van der Waals surface area contributed by atoms with Crippen molar-refractivity contribution in [3.8, 4) is 0 Å². The van der Waals surface area contributed by atoms with Crippen LogP contribution in [-0.4, -0.2) is 11.2 Å². The maximum atomic E-state index is 9.74. The lowest BCUT2D eigenvalue weighted by molar-refractivity contribution is 0.159. The molecule has 1 unspecified atom stereocenters. The fourth-order valence-corrected chi connectivity index (χ4v) is 3.16. The van der Waals surface area contributed by atoms with Gasteiger partial charge in [0.1, 0.15) is 0 Å². The van der Waals surface area contributed by atoms with Gasteiger partial charge in [-0.3, -0.25) is 0 Å². The van der Waals surface area contributed by atoms with Crippen molar-refractivity contribution < 1.29 is 5.11 Å². The average Bonchev–Trinajstić information content (AvgIpc) is 2.83. The molecule has 0 aliphatic heterocycles. The van der Waals surface area contributed by atoms with Gasteiger partial charge in [-0.25, -0.2) is 0 Å². The quantitative estimate of drug-likeness (QED) is 0.717. The van der Waals surface area contributed by atoms with E-state index in [1.54, 1.807) is 0 Å². The van der Waals surface area contributed by atoms with E-state index in [0.717, 1.165) is 6.42 Å². The van der Waals surface area contributed by atoms with Crippen LogP contribution in [0.15, 0.2) is 24.3 Å². The van der Waals surface area contributed by atoms with E-state index in [1.807, 2.05) is 0 Å². The fourth-order valence-electron chi connectivity index (χ4n) is 3.16. The molecule has 0 heterocycles. The lowest BCUT2D eigenvalue weighted by Gasteiger charge is -2.12. The number of aliphatic hydroxyl groups excluding tert-OH is 1. The van der Waals surface area contributed by atoms with Crippen molar-refractivity contribution in [2.75, 3.05) is 0 Å². The van der Waals surface area contributed by atoms with Gasteiger partial charge >= 0.3 is 0 Å². The highest BCUT2D eigenvalue weighted by Crippen LogP contribution is 2.64. The predicted octanol–water partition coefficient (Wildman–Crippen LogP) is 2.41. The van der Waals surface area contributed by atoms with Gasteiger partial charge in [0.2, 0.25) is 0 Å². The zero-order valence-corrected chi connectivity index (χ0v) is 8.53. The smallest absolute Gasteiger partial charge is 0.0577 e. The standard InChI is InChI=1S/C13H16O/c1-9-3-2-4-10(7-9)13-6-5-12(14)11(13)8-13/h2-4,7,11-12,14H,5-6,8H2,1H3/t11-,12?,13-/m1/s1. The number of hydrogen-bond acceptors (Lipinski definition) is 1. The number of rotatable bonds is 1. The Hall–Kier alpha value is -0.820. The molecule has 0 spiro atoms. The monoisotopic (exact) mass is 188 g/mol. The van der Waals surface area contributed by atoms with E-state index in [9.17, 15) is 5.11 Å². The summed E-state index contributed by atoms with van der Waals surface area (Å²) in [6, 6.07) is 8.80. The molecule has 0 aromatic heterocycles. The van der Waals surface area contributed by atoms with Crippen LogP contribution >= 0.6 is 0 Å². The molecule has 74 valence electrons. The van der Waals surface area contributed by atoms with Gasteiger partial charge in [0, 0.05) is 5.41 Å². The average molecular weight is 188 g/mol. The normalized spacial score (nSPS) is 39.6. The van der Waals surface area contributed by atoms with Crippen molar-refractivity contribution in [3.63, 3.8) is 0 Å². The second kappa shape index (κ2) is 2.60. The SMILES string of the molecule is Cc1cccc([C@]23CCC(O)[C@H]2C3)c1. The summed E-state index contributed by atoms with van der Waals surface area (Å²) >= 11 is 0. The highest BCUT2D eigenvalue weighted by molar-refractivity contribution is 5.38. The van der Waals surface area contributed by atoms with Gasteiger partial charge in [-0.05, 0) is 37.7 Å². The zero-order chi connectivity index (χ0) is 9.76. The predicted molar refractivity (Wildman–Crippen MR) is 56.2 cm³/mol. The molecule has 0 amide bonds. The van der Waals surface area contributed by atoms with Gasteiger partial charge < -0.3 is 5.11 Å². The Balaban J connectivity index is 1.98. The first kappa shape index (κ1) is 8.49. The molecule has 2 saturated carbocycles. The third-order valence-corrected chi connectivity index (χ3v) is 4.08. The van der Waals surface area contributed by atoms with Crippen LogP contribution in [0.2, 0.25) is 0 Å². The van der Waals surface area contributed by atoms with Crippen molar-refractivity contribution in [2.24, 2.45) is 5.92 Å². The third-order valence-electron chi connectivity index (χ3n) is 4.08.